The second kappa shape index (κ2) is 6.82. The zero-order valence-electron chi connectivity index (χ0n) is 12.2. The van der Waals surface area contributed by atoms with Crippen molar-refractivity contribution in [3.8, 4) is 11.5 Å². The van der Waals surface area contributed by atoms with E-state index in [2.05, 4.69) is 0 Å². The van der Waals surface area contributed by atoms with Gasteiger partial charge >= 0.3 is 0 Å². The molecule has 0 aromatic heterocycles. The zero-order chi connectivity index (χ0) is 17.1. The van der Waals surface area contributed by atoms with Crippen LogP contribution in [0.4, 0.5) is 14.5 Å². The van der Waals surface area contributed by atoms with Gasteiger partial charge in [-0.05, 0) is 26.0 Å². The maximum absolute atomic E-state index is 14.2. The summed E-state index contributed by atoms with van der Waals surface area (Å²) in [6.07, 6.45) is -0.203. The molecule has 0 saturated heterocycles. The van der Waals surface area contributed by atoms with E-state index in [4.69, 9.17) is 4.74 Å². The molecule has 0 unspecified atom stereocenters. The highest BCUT2D eigenvalue weighted by molar-refractivity contribution is 7.99. The van der Waals surface area contributed by atoms with E-state index in [1.54, 1.807) is 13.8 Å². The van der Waals surface area contributed by atoms with Crippen LogP contribution in [0.15, 0.2) is 40.1 Å². The summed E-state index contributed by atoms with van der Waals surface area (Å²) < 4.78 is 32.6. The maximum atomic E-state index is 14.2. The van der Waals surface area contributed by atoms with Crippen molar-refractivity contribution in [1.82, 2.24) is 0 Å². The van der Waals surface area contributed by atoms with E-state index in [9.17, 15) is 24.0 Å². The Bertz CT molecular complexity index is 729. The molecule has 2 rings (SSSR count). The van der Waals surface area contributed by atoms with E-state index < -0.39 is 28.0 Å². The van der Waals surface area contributed by atoms with E-state index in [1.807, 2.05) is 0 Å². The normalized spacial score (nSPS) is 10.8. The third-order valence-corrected chi connectivity index (χ3v) is 3.87. The van der Waals surface area contributed by atoms with Gasteiger partial charge in [-0.15, -0.1) is 0 Å². The molecule has 0 aliphatic rings. The molecule has 0 heterocycles. The Labute approximate surface area is 135 Å². The van der Waals surface area contributed by atoms with Crippen molar-refractivity contribution in [2.75, 3.05) is 0 Å². The highest BCUT2D eigenvalue weighted by Crippen LogP contribution is 2.42. The summed E-state index contributed by atoms with van der Waals surface area (Å²) in [4.78, 5) is 10.0. The number of phenols is 1. The molecule has 0 amide bonds. The minimum absolute atomic E-state index is 0.0168. The first-order valence-corrected chi connectivity index (χ1v) is 7.40. The minimum atomic E-state index is -0.788. The van der Waals surface area contributed by atoms with E-state index in [0.717, 1.165) is 24.3 Å². The molecule has 0 aliphatic heterocycles. The average molecular weight is 341 g/mol. The van der Waals surface area contributed by atoms with Crippen molar-refractivity contribution in [2.24, 2.45) is 0 Å². The van der Waals surface area contributed by atoms with Gasteiger partial charge in [0, 0.05) is 12.1 Å². The summed E-state index contributed by atoms with van der Waals surface area (Å²) in [5.74, 6) is -1.83. The van der Waals surface area contributed by atoms with Gasteiger partial charge in [0.15, 0.2) is 0 Å². The quantitative estimate of drug-likeness (QED) is 0.639. The van der Waals surface area contributed by atoms with Crippen molar-refractivity contribution in [3.05, 3.63) is 52.1 Å². The maximum Gasteiger partial charge on any atom is 0.286 e. The molecule has 0 fully saturated rings. The van der Waals surface area contributed by atoms with Gasteiger partial charge in [0.25, 0.3) is 5.69 Å². The second-order valence-electron chi connectivity index (χ2n) is 4.89. The Hall–Kier alpha value is -2.35. The van der Waals surface area contributed by atoms with Gasteiger partial charge in [0.05, 0.1) is 26.9 Å². The Morgan fingerprint density at radius 2 is 1.96 bits per heavy atom. The first-order chi connectivity index (χ1) is 10.8. The van der Waals surface area contributed by atoms with E-state index in [1.165, 1.54) is 6.07 Å². The van der Waals surface area contributed by atoms with Gasteiger partial charge in [-0.3, -0.25) is 10.1 Å². The summed E-state index contributed by atoms with van der Waals surface area (Å²) in [7, 11) is 0. The molecule has 2 aromatic carbocycles. The second-order valence-corrected chi connectivity index (χ2v) is 5.94. The predicted octanol–water partition coefficient (Wildman–Crippen LogP) is 4.52. The van der Waals surface area contributed by atoms with Gasteiger partial charge in [0.1, 0.15) is 23.1 Å². The van der Waals surface area contributed by atoms with Gasteiger partial charge in [-0.2, -0.15) is 0 Å². The minimum Gasteiger partial charge on any atom is -0.507 e. The molecule has 0 spiro atoms. The van der Waals surface area contributed by atoms with Crippen molar-refractivity contribution in [2.45, 2.75) is 29.7 Å². The monoisotopic (exact) mass is 341 g/mol. The van der Waals surface area contributed by atoms with Gasteiger partial charge in [-0.1, -0.05) is 11.8 Å². The highest BCUT2D eigenvalue weighted by Gasteiger charge is 2.20. The number of nitro benzene ring substituents is 1. The predicted molar refractivity (Wildman–Crippen MR) is 81.0 cm³/mol. The van der Waals surface area contributed by atoms with E-state index in [-0.39, 0.29) is 21.6 Å². The van der Waals surface area contributed by atoms with E-state index in [0.29, 0.717) is 11.8 Å². The van der Waals surface area contributed by atoms with Crippen molar-refractivity contribution in [1.29, 1.82) is 0 Å². The Morgan fingerprint density at radius 1 is 1.26 bits per heavy atom. The molecular weight excluding hydrogens is 328 g/mol. The number of hydrogen-bond acceptors (Lipinski definition) is 5. The van der Waals surface area contributed by atoms with Crippen molar-refractivity contribution >= 4 is 17.4 Å². The molecule has 8 heteroatoms. The van der Waals surface area contributed by atoms with Crippen LogP contribution in [0.1, 0.15) is 13.8 Å². The molecule has 0 bridgehead atoms. The summed E-state index contributed by atoms with van der Waals surface area (Å²) in [6, 6.07) is 5.24. The van der Waals surface area contributed by atoms with Crippen molar-refractivity contribution < 1.29 is 23.5 Å². The van der Waals surface area contributed by atoms with Crippen LogP contribution >= 0.6 is 11.8 Å². The third-order valence-electron chi connectivity index (χ3n) is 2.70. The molecule has 2 aromatic rings. The fourth-order valence-electron chi connectivity index (χ4n) is 1.83. The molecule has 23 heavy (non-hydrogen) atoms. The zero-order valence-corrected chi connectivity index (χ0v) is 13.1. The fourth-order valence-corrected chi connectivity index (χ4v) is 2.74. The third kappa shape index (κ3) is 4.10. The lowest BCUT2D eigenvalue weighted by atomic mass is 10.3. The lowest BCUT2D eigenvalue weighted by Crippen LogP contribution is -2.05. The number of nitrogens with zero attached hydrogens (tertiary/aromatic N) is 1. The summed E-state index contributed by atoms with van der Waals surface area (Å²) in [6.45, 7) is 3.50. The largest absolute Gasteiger partial charge is 0.507 e. The Balaban J connectivity index is 2.39. The topological polar surface area (TPSA) is 72.6 Å². The molecule has 122 valence electrons. The molecular formula is C15H13F2NO4S. The van der Waals surface area contributed by atoms with Gasteiger partial charge in [-0.25, -0.2) is 8.78 Å². The molecule has 0 saturated carbocycles. The first-order valence-electron chi connectivity index (χ1n) is 6.59. The van der Waals surface area contributed by atoms with Crippen molar-refractivity contribution in [3.63, 3.8) is 0 Å². The lowest BCUT2D eigenvalue weighted by Gasteiger charge is -2.12. The number of benzene rings is 2. The molecule has 5 nitrogen and oxygen atoms in total. The Kier molecular flexibility index (Phi) is 5.05. The summed E-state index contributed by atoms with van der Waals surface area (Å²) in [5.41, 5.74) is -0.503. The number of nitro groups is 1. The number of halogens is 2. The fraction of sp³-hybridized carbons (Fsp3) is 0.200. The smallest absolute Gasteiger partial charge is 0.286 e. The molecule has 0 atom stereocenters. The standard InChI is InChI=1S/C15H13F2NO4S/c1-8(2)22-10-6-11(17)15(13(19)7-10)23-14-4-3-9(16)5-12(14)18(20)21/h3-8,19H,1-2H3. The van der Waals surface area contributed by atoms with Crippen LogP contribution in [0.5, 0.6) is 11.5 Å². The van der Waals surface area contributed by atoms with Crippen LogP contribution in [0.25, 0.3) is 0 Å². The summed E-state index contributed by atoms with van der Waals surface area (Å²) in [5, 5.41) is 20.9. The number of rotatable bonds is 5. The van der Waals surface area contributed by atoms with Gasteiger partial charge < -0.3 is 9.84 Å². The molecule has 1 N–H and O–H groups in total. The van der Waals surface area contributed by atoms with Crippen LogP contribution < -0.4 is 4.74 Å². The number of phenolic OH excluding ortho intramolecular Hbond substituents is 1. The SMILES string of the molecule is CC(C)Oc1cc(O)c(Sc2ccc(F)cc2[N+](=O)[O-])c(F)c1. The van der Waals surface area contributed by atoms with Crippen LogP contribution in [0.2, 0.25) is 0 Å². The van der Waals surface area contributed by atoms with Crippen LogP contribution in [-0.2, 0) is 0 Å². The summed E-state index contributed by atoms with van der Waals surface area (Å²) >= 11 is 0.643. The number of ether oxygens (including phenoxy) is 1. The number of hydrogen-bond donors (Lipinski definition) is 1. The van der Waals surface area contributed by atoms with Crippen LogP contribution in [0.3, 0.4) is 0 Å². The average Bonchev–Trinajstić information content (AvgIpc) is 2.43. The van der Waals surface area contributed by atoms with E-state index >= 15 is 0 Å². The molecule has 0 aliphatic carbocycles. The van der Waals surface area contributed by atoms with Crippen LogP contribution in [-0.4, -0.2) is 16.1 Å². The van der Waals surface area contributed by atoms with Crippen LogP contribution in [0, 0.1) is 21.7 Å². The number of aromatic hydroxyl groups is 1. The Morgan fingerprint density at radius 3 is 2.52 bits per heavy atom. The lowest BCUT2D eigenvalue weighted by molar-refractivity contribution is -0.387. The highest BCUT2D eigenvalue weighted by atomic mass is 32.2. The first kappa shape index (κ1) is 17.0. The van der Waals surface area contributed by atoms with Gasteiger partial charge in [0.2, 0.25) is 0 Å². The molecule has 0 radical (unpaired) electrons.